The second kappa shape index (κ2) is 13.8. The molecule has 4 fully saturated rings. The Balaban J connectivity index is 1.25. The molecule has 13 heteroatoms. The third-order valence-corrected chi connectivity index (χ3v) is 11.0. The second-order valence-electron chi connectivity index (χ2n) is 16.1. The van der Waals surface area contributed by atoms with E-state index < -0.39 is 17.2 Å². The lowest BCUT2D eigenvalue weighted by atomic mass is 9.92. The van der Waals surface area contributed by atoms with Crippen molar-refractivity contribution in [1.29, 1.82) is 0 Å². The maximum Gasteiger partial charge on any atom is 0.410 e. The number of carbonyl (C=O) groups excluding carboxylic acids is 1. The summed E-state index contributed by atoms with van der Waals surface area (Å²) in [7, 11) is 1.42. The highest BCUT2D eigenvalue weighted by Gasteiger charge is 2.48. The van der Waals surface area contributed by atoms with Gasteiger partial charge in [0.25, 0.3) is 0 Å². The summed E-state index contributed by atoms with van der Waals surface area (Å²) in [4.78, 5) is 33.8. The number of ether oxygens (including phenoxy) is 4. The van der Waals surface area contributed by atoms with Gasteiger partial charge in [-0.05, 0) is 58.6 Å². The van der Waals surface area contributed by atoms with E-state index in [1.165, 1.54) is 19.4 Å². The Bertz CT molecular complexity index is 2270. The van der Waals surface area contributed by atoms with Gasteiger partial charge in [0.1, 0.15) is 29.2 Å². The molecule has 2 aromatic carbocycles. The van der Waals surface area contributed by atoms with Gasteiger partial charge in [-0.2, -0.15) is 9.97 Å². The molecule has 4 saturated heterocycles. The lowest BCUT2D eigenvalue weighted by molar-refractivity contribution is 0.0122. The first-order valence-electron chi connectivity index (χ1n) is 18.5. The standard InChI is InChI=1S/C42H44F2N6O5/c1-8-26-10-9-11-29-33(26)30(14-32(34(29)43)54-23-52-7)36-35(44)37-31(17-45-36)38(48-20-27-12-13-28(21-48)50(27)40(51)55-41(4,5)6)47-39(46-37)53-22-42-15-24(2)18-49(42)19-25(3)16-42/h1,9-11,14,17,27-28H,2-3,12-13,15-16,18-23H2,4-7H3. The van der Waals surface area contributed by atoms with E-state index in [1.54, 1.807) is 18.2 Å². The first kappa shape index (κ1) is 36.6. The van der Waals surface area contributed by atoms with E-state index in [0.29, 0.717) is 35.2 Å². The van der Waals surface area contributed by atoms with Crippen molar-refractivity contribution in [3.63, 3.8) is 0 Å². The second-order valence-corrected chi connectivity index (χ2v) is 16.1. The van der Waals surface area contributed by atoms with E-state index in [-0.39, 0.29) is 71.0 Å². The van der Waals surface area contributed by atoms with Crippen molar-refractivity contribution in [3.05, 3.63) is 72.0 Å². The van der Waals surface area contributed by atoms with Crippen LogP contribution in [-0.2, 0) is 9.47 Å². The molecule has 4 aromatic rings. The summed E-state index contributed by atoms with van der Waals surface area (Å²) >= 11 is 0. The van der Waals surface area contributed by atoms with Crippen LogP contribution >= 0.6 is 0 Å². The first-order chi connectivity index (χ1) is 26.3. The zero-order chi connectivity index (χ0) is 38.8. The zero-order valence-corrected chi connectivity index (χ0v) is 31.6. The molecule has 8 rings (SSSR count). The number of hydrogen-bond acceptors (Lipinski definition) is 10. The molecule has 2 unspecified atom stereocenters. The van der Waals surface area contributed by atoms with Crippen molar-refractivity contribution >= 4 is 33.6 Å². The summed E-state index contributed by atoms with van der Waals surface area (Å²) in [6.07, 6.45) is 10.1. The zero-order valence-electron chi connectivity index (χ0n) is 31.6. The van der Waals surface area contributed by atoms with E-state index in [4.69, 9.17) is 30.4 Å². The van der Waals surface area contributed by atoms with Crippen LogP contribution in [-0.4, -0.2) is 101 Å². The van der Waals surface area contributed by atoms with Crippen molar-refractivity contribution in [3.8, 4) is 35.4 Å². The molecule has 0 radical (unpaired) electrons. The third-order valence-electron chi connectivity index (χ3n) is 11.0. The molecule has 286 valence electrons. The summed E-state index contributed by atoms with van der Waals surface area (Å²) in [5.74, 6) is 1.48. The average molecular weight is 751 g/mol. The number of methoxy groups -OCH3 is 1. The summed E-state index contributed by atoms with van der Waals surface area (Å²) in [5.41, 5.74) is 1.71. The quantitative estimate of drug-likeness (QED) is 0.106. The molecule has 6 heterocycles. The highest BCUT2D eigenvalue weighted by molar-refractivity contribution is 6.03. The Morgan fingerprint density at radius 1 is 1.04 bits per heavy atom. The highest BCUT2D eigenvalue weighted by Crippen LogP contribution is 2.44. The first-order valence-corrected chi connectivity index (χ1v) is 18.5. The van der Waals surface area contributed by atoms with Gasteiger partial charge in [0.15, 0.2) is 24.2 Å². The van der Waals surface area contributed by atoms with Crippen LogP contribution in [0.25, 0.3) is 32.9 Å². The average Bonchev–Trinajstić information content (AvgIpc) is 3.71. The van der Waals surface area contributed by atoms with E-state index in [2.05, 4.69) is 38.8 Å². The molecule has 11 nitrogen and oxygen atoms in total. The number of halogens is 2. The lowest BCUT2D eigenvalue weighted by Gasteiger charge is -2.42. The topological polar surface area (TPSA) is 102 Å². The Labute approximate surface area is 318 Å². The number of amides is 1. The Morgan fingerprint density at radius 2 is 1.75 bits per heavy atom. The molecule has 2 bridgehead atoms. The van der Waals surface area contributed by atoms with Crippen LogP contribution in [0.2, 0.25) is 0 Å². The molecular weight excluding hydrogens is 706 g/mol. The van der Waals surface area contributed by atoms with Gasteiger partial charge in [0.2, 0.25) is 0 Å². The monoisotopic (exact) mass is 750 g/mol. The van der Waals surface area contributed by atoms with Crippen LogP contribution < -0.4 is 14.4 Å². The van der Waals surface area contributed by atoms with Crippen LogP contribution in [0, 0.1) is 24.0 Å². The van der Waals surface area contributed by atoms with Crippen LogP contribution in [0.1, 0.15) is 52.0 Å². The molecule has 4 aliphatic rings. The van der Waals surface area contributed by atoms with E-state index in [0.717, 1.165) is 49.9 Å². The Morgan fingerprint density at radius 3 is 2.40 bits per heavy atom. The number of fused-ring (bicyclic) bond motifs is 5. The van der Waals surface area contributed by atoms with Gasteiger partial charge in [0.05, 0.1) is 23.0 Å². The van der Waals surface area contributed by atoms with Crippen LogP contribution in [0.5, 0.6) is 11.8 Å². The number of benzene rings is 2. The Hall–Kier alpha value is -5.32. The number of rotatable bonds is 8. The van der Waals surface area contributed by atoms with Crippen molar-refractivity contribution in [2.75, 3.05) is 51.6 Å². The molecule has 0 aliphatic carbocycles. The van der Waals surface area contributed by atoms with Gasteiger partial charge in [-0.1, -0.05) is 42.4 Å². The molecule has 0 N–H and O–H groups in total. The number of nitrogens with zero attached hydrogens (tertiary/aromatic N) is 6. The van der Waals surface area contributed by atoms with Crippen molar-refractivity contribution in [2.24, 2.45) is 0 Å². The van der Waals surface area contributed by atoms with Crippen molar-refractivity contribution in [2.45, 2.75) is 69.7 Å². The fraction of sp³-hybridized carbons (Fsp3) is 0.429. The molecule has 0 spiro atoms. The molecule has 55 heavy (non-hydrogen) atoms. The van der Waals surface area contributed by atoms with Crippen LogP contribution in [0.4, 0.5) is 19.4 Å². The lowest BCUT2D eigenvalue weighted by Crippen LogP contribution is -2.57. The fourth-order valence-electron chi connectivity index (χ4n) is 8.81. The van der Waals surface area contributed by atoms with Crippen molar-refractivity contribution < 1.29 is 32.5 Å². The maximum absolute atomic E-state index is 17.3. The van der Waals surface area contributed by atoms with Gasteiger partial charge < -0.3 is 23.8 Å². The van der Waals surface area contributed by atoms with Gasteiger partial charge in [-0.15, -0.1) is 6.42 Å². The molecule has 2 atom stereocenters. The van der Waals surface area contributed by atoms with Gasteiger partial charge in [-0.25, -0.2) is 13.6 Å². The number of piperazine rings is 1. The summed E-state index contributed by atoms with van der Waals surface area (Å²) in [6.45, 7) is 16.4. The summed E-state index contributed by atoms with van der Waals surface area (Å²) in [6, 6.07) is 5.96. The minimum absolute atomic E-state index is 0.00205. The molecule has 0 saturated carbocycles. The number of terminal acetylenes is 1. The summed E-state index contributed by atoms with van der Waals surface area (Å²) < 4.78 is 56.0. The van der Waals surface area contributed by atoms with Gasteiger partial charge in [0, 0.05) is 61.4 Å². The van der Waals surface area contributed by atoms with Gasteiger partial charge in [-0.3, -0.25) is 14.8 Å². The normalized spacial score (nSPS) is 20.7. The fourth-order valence-corrected chi connectivity index (χ4v) is 8.81. The Kier molecular flexibility index (Phi) is 9.17. The minimum Gasteiger partial charge on any atom is -0.464 e. The van der Waals surface area contributed by atoms with E-state index >= 15 is 8.78 Å². The molecule has 4 aliphatic heterocycles. The molecular formula is C42H44F2N6O5. The number of aromatic nitrogens is 3. The minimum atomic E-state index is -0.762. The number of hydrogen-bond donors (Lipinski definition) is 0. The predicted molar refractivity (Wildman–Crippen MR) is 205 cm³/mol. The third kappa shape index (κ3) is 6.51. The maximum atomic E-state index is 17.3. The smallest absolute Gasteiger partial charge is 0.410 e. The SMILES string of the molecule is C#Cc1cccc2c(F)c(OCOC)cc(-c3ncc4c(N5CC6CCC(C5)N6C(=O)OC(C)(C)C)nc(OCC56CC(=C)CN5CC(=C)C6)nc4c3F)c12. The molecule has 1 amide bonds. The van der Waals surface area contributed by atoms with Crippen molar-refractivity contribution in [1.82, 2.24) is 24.8 Å². The summed E-state index contributed by atoms with van der Waals surface area (Å²) in [5, 5.41) is 0.813. The van der Waals surface area contributed by atoms with E-state index in [1.807, 2.05) is 25.7 Å². The van der Waals surface area contributed by atoms with Crippen LogP contribution in [0.3, 0.4) is 0 Å². The molecule has 2 aromatic heterocycles. The largest absolute Gasteiger partial charge is 0.464 e. The number of anilines is 1. The number of carbonyl (C=O) groups is 1. The van der Waals surface area contributed by atoms with E-state index in [9.17, 15) is 4.79 Å². The number of pyridine rings is 1. The van der Waals surface area contributed by atoms with Gasteiger partial charge >= 0.3 is 12.1 Å². The predicted octanol–water partition coefficient (Wildman–Crippen LogP) is 7.01. The highest BCUT2D eigenvalue weighted by atomic mass is 19.1. The van der Waals surface area contributed by atoms with Crippen LogP contribution in [0.15, 0.2) is 54.8 Å².